The number of fused-ring (bicyclic) bond motifs is 3. The summed E-state index contributed by atoms with van der Waals surface area (Å²) in [6.07, 6.45) is -1.29. The Balaban J connectivity index is 2.31. The van der Waals surface area contributed by atoms with Crippen LogP contribution in [0.2, 0.25) is 0 Å². The summed E-state index contributed by atoms with van der Waals surface area (Å²) < 4.78 is 32.2. The molecule has 96 valence electrons. The fourth-order valence-corrected chi connectivity index (χ4v) is 2.22. The minimum absolute atomic E-state index is 0.227. The summed E-state index contributed by atoms with van der Waals surface area (Å²) >= 11 is 0. The van der Waals surface area contributed by atoms with Crippen molar-refractivity contribution < 1.29 is 23.4 Å². The minimum atomic E-state index is -1.29. The van der Waals surface area contributed by atoms with Crippen LogP contribution in [-0.2, 0) is 4.79 Å². The average molecular weight is 262 g/mol. The van der Waals surface area contributed by atoms with Gasteiger partial charge in [0.05, 0.1) is 0 Å². The summed E-state index contributed by atoms with van der Waals surface area (Å²) in [5, 5.41) is 9.13. The Hall–Kier alpha value is -2.43. The SMILES string of the molecule is O=C(O)C1Oc2c(F)cc(F)cc2-c2ccccc21. The van der Waals surface area contributed by atoms with Crippen molar-refractivity contribution in [3.05, 3.63) is 53.6 Å². The second kappa shape index (κ2) is 4.05. The summed E-state index contributed by atoms with van der Waals surface area (Å²) in [6.45, 7) is 0. The van der Waals surface area contributed by atoms with Gasteiger partial charge in [0.2, 0.25) is 6.10 Å². The minimum Gasteiger partial charge on any atom is -0.478 e. The van der Waals surface area contributed by atoms with Crippen molar-refractivity contribution in [3.63, 3.8) is 0 Å². The predicted octanol–water partition coefficient (Wildman–Crippen LogP) is 3.15. The van der Waals surface area contributed by atoms with Crippen LogP contribution in [0.5, 0.6) is 5.75 Å². The first-order valence-electron chi connectivity index (χ1n) is 5.55. The Morgan fingerprint density at radius 2 is 1.89 bits per heavy atom. The van der Waals surface area contributed by atoms with E-state index in [1.165, 1.54) is 0 Å². The zero-order valence-electron chi connectivity index (χ0n) is 9.56. The third kappa shape index (κ3) is 1.74. The Morgan fingerprint density at radius 3 is 2.63 bits per heavy atom. The molecule has 2 aromatic carbocycles. The van der Waals surface area contributed by atoms with E-state index in [-0.39, 0.29) is 11.3 Å². The predicted molar refractivity (Wildman–Crippen MR) is 62.8 cm³/mol. The molecule has 0 saturated heterocycles. The van der Waals surface area contributed by atoms with E-state index in [9.17, 15) is 13.6 Å². The topological polar surface area (TPSA) is 46.5 Å². The summed E-state index contributed by atoms with van der Waals surface area (Å²) in [7, 11) is 0. The maximum Gasteiger partial charge on any atom is 0.349 e. The van der Waals surface area contributed by atoms with Gasteiger partial charge in [0, 0.05) is 17.2 Å². The van der Waals surface area contributed by atoms with Crippen LogP contribution >= 0.6 is 0 Å². The number of benzene rings is 2. The van der Waals surface area contributed by atoms with Crippen molar-refractivity contribution in [2.45, 2.75) is 6.10 Å². The molecular formula is C14H8F2O3. The number of carbonyl (C=O) groups is 1. The molecule has 5 heteroatoms. The number of ether oxygens (including phenoxy) is 1. The van der Waals surface area contributed by atoms with E-state index in [2.05, 4.69) is 0 Å². The average Bonchev–Trinajstić information content (AvgIpc) is 2.37. The molecule has 0 aromatic heterocycles. The molecule has 0 bridgehead atoms. The molecule has 0 radical (unpaired) electrons. The molecule has 3 nitrogen and oxygen atoms in total. The number of halogens is 2. The quantitative estimate of drug-likeness (QED) is 0.858. The van der Waals surface area contributed by atoms with Crippen LogP contribution in [-0.4, -0.2) is 11.1 Å². The van der Waals surface area contributed by atoms with Crippen LogP contribution in [0.3, 0.4) is 0 Å². The molecule has 0 aliphatic carbocycles. The zero-order valence-corrected chi connectivity index (χ0v) is 9.56. The lowest BCUT2D eigenvalue weighted by Gasteiger charge is -2.26. The summed E-state index contributed by atoms with van der Waals surface area (Å²) in [6, 6.07) is 8.32. The summed E-state index contributed by atoms with van der Waals surface area (Å²) in [5.74, 6) is -3.09. The van der Waals surface area contributed by atoms with Crippen molar-refractivity contribution >= 4 is 5.97 Å². The molecule has 1 aliphatic heterocycles. The van der Waals surface area contributed by atoms with Gasteiger partial charge in [-0.3, -0.25) is 0 Å². The zero-order chi connectivity index (χ0) is 13.6. The van der Waals surface area contributed by atoms with Gasteiger partial charge in [0.25, 0.3) is 0 Å². The third-order valence-corrected chi connectivity index (χ3v) is 3.00. The summed E-state index contributed by atoms with van der Waals surface area (Å²) in [5.41, 5.74) is 1.08. The second-order valence-corrected chi connectivity index (χ2v) is 4.19. The van der Waals surface area contributed by atoms with E-state index >= 15 is 0 Å². The number of rotatable bonds is 1. The fraction of sp³-hybridized carbons (Fsp3) is 0.0714. The summed E-state index contributed by atoms with van der Waals surface area (Å²) in [4.78, 5) is 11.2. The van der Waals surface area contributed by atoms with Gasteiger partial charge < -0.3 is 9.84 Å². The van der Waals surface area contributed by atoms with Crippen molar-refractivity contribution in [2.75, 3.05) is 0 Å². The first-order valence-corrected chi connectivity index (χ1v) is 5.55. The standard InChI is InChI=1S/C14H8F2O3/c15-7-5-10-8-3-1-2-4-9(8)13(14(17)18)19-12(10)11(16)6-7/h1-6,13H,(H,17,18). The van der Waals surface area contributed by atoms with Crippen molar-refractivity contribution in [2.24, 2.45) is 0 Å². The van der Waals surface area contributed by atoms with Crippen molar-refractivity contribution in [3.8, 4) is 16.9 Å². The molecule has 19 heavy (non-hydrogen) atoms. The normalized spacial score (nSPS) is 16.2. The van der Waals surface area contributed by atoms with Gasteiger partial charge in [0.1, 0.15) is 5.82 Å². The van der Waals surface area contributed by atoms with Crippen LogP contribution in [0.4, 0.5) is 8.78 Å². The lowest BCUT2D eigenvalue weighted by atomic mass is 9.92. The lowest BCUT2D eigenvalue weighted by molar-refractivity contribution is -0.145. The first kappa shape index (κ1) is 11.6. The van der Waals surface area contributed by atoms with E-state index in [0.29, 0.717) is 17.2 Å². The molecule has 0 fully saturated rings. The molecule has 1 N–H and O–H groups in total. The molecule has 1 unspecified atom stereocenters. The highest BCUT2D eigenvalue weighted by atomic mass is 19.1. The maximum absolute atomic E-state index is 13.7. The molecule has 0 saturated carbocycles. The first-order chi connectivity index (χ1) is 9.08. The Bertz CT molecular complexity index is 682. The van der Waals surface area contributed by atoms with Crippen molar-refractivity contribution in [1.29, 1.82) is 0 Å². The Kier molecular flexibility index (Phi) is 2.48. The van der Waals surface area contributed by atoms with Crippen LogP contribution < -0.4 is 4.74 Å². The highest BCUT2D eigenvalue weighted by Gasteiger charge is 2.33. The van der Waals surface area contributed by atoms with Gasteiger partial charge in [0.15, 0.2) is 11.6 Å². The van der Waals surface area contributed by atoms with Crippen LogP contribution in [0.25, 0.3) is 11.1 Å². The van der Waals surface area contributed by atoms with E-state index in [4.69, 9.17) is 9.84 Å². The van der Waals surface area contributed by atoms with E-state index in [1.54, 1.807) is 24.3 Å². The Morgan fingerprint density at radius 1 is 1.16 bits per heavy atom. The van der Waals surface area contributed by atoms with Crippen LogP contribution in [0.15, 0.2) is 36.4 Å². The molecular weight excluding hydrogens is 254 g/mol. The molecule has 0 amide bonds. The third-order valence-electron chi connectivity index (χ3n) is 3.00. The molecule has 3 rings (SSSR count). The Labute approximate surface area is 107 Å². The van der Waals surface area contributed by atoms with Crippen molar-refractivity contribution in [1.82, 2.24) is 0 Å². The van der Waals surface area contributed by atoms with Gasteiger partial charge in [-0.1, -0.05) is 24.3 Å². The maximum atomic E-state index is 13.7. The molecule has 2 aromatic rings. The molecule has 1 heterocycles. The smallest absolute Gasteiger partial charge is 0.349 e. The molecule has 1 atom stereocenters. The van der Waals surface area contributed by atoms with Gasteiger partial charge in [-0.05, 0) is 11.6 Å². The molecule has 0 spiro atoms. The molecule has 1 aliphatic rings. The fourth-order valence-electron chi connectivity index (χ4n) is 2.22. The van der Waals surface area contributed by atoms with E-state index in [1.807, 2.05) is 0 Å². The number of carboxylic acids is 1. The van der Waals surface area contributed by atoms with Gasteiger partial charge >= 0.3 is 5.97 Å². The second-order valence-electron chi connectivity index (χ2n) is 4.19. The van der Waals surface area contributed by atoms with E-state index < -0.39 is 23.7 Å². The van der Waals surface area contributed by atoms with Crippen LogP contribution in [0, 0.1) is 11.6 Å². The van der Waals surface area contributed by atoms with Gasteiger partial charge in [-0.15, -0.1) is 0 Å². The largest absolute Gasteiger partial charge is 0.478 e. The van der Waals surface area contributed by atoms with Gasteiger partial charge in [-0.25, -0.2) is 13.6 Å². The highest BCUT2D eigenvalue weighted by Crippen LogP contribution is 2.44. The number of hydrogen-bond acceptors (Lipinski definition) is 2. The number of aliphatic carboxylic acids is 1. The number of hydrogen-bond donors (Lipinski definition) is 1. The van der Waals surface area contributed by atoms with E-state index in [0.717, 1.165) is 6.07 Å². The number of carboxylic acid groups (broad SMARTS) is 1. The highest BCUT2D eigenvalue weighted by molar-refractivity contribution is 5.84. The van der Waals surface area contributed by atoms with Gasteiger partial charge in [-0.2, -0.15) is 0 Å². The van der Waals surface area contributed by atoms with Crippen LogP contribution in [0.1, 0.15) is 11.7 Å². The monoisotopic (exact) mass is 262 g/mol. The lowest BCUT2D eigenvalue weighted by Crippen LogP contribution is -2.22.